The molecule has 0 bridgehead atoms. The first-order valence-corrected chi connectivity index (χ1v) is 8.89. The molecule has 0 heterocycles. The van der Waals surface area contributed by atoms with Gasteiger partial charge in [0.1, 0.15) is 0 Å². The lowest BCUT2D eigenvalue weighted by Gasteiger charge is -2.50. The van der Waals surface area contributed by atoms with Crippen LogP contribution in [0, 0.1) is 29.1 Å². The normalized spacial score (nSPS) is 42.9. The van der Waals surface area contributed by atoms with Crippen LogP contribution >= 0.6 is 0 Å². The van der Waals surface area contributed by atoms with Gasteiger partial charge in [-0.3, -0.25) is 4.79 Å². The second-order valence-corrected chi connectivity index (χ2v) is 7.66. The van der Waals surface area contributed by atoms with E-state index in [2.05, 4.69) is 32.1 Å². The molecule has 4 aliphatic rings. The van der Waals surface area contributed by atoms with Gasteiger partial charge < -0.3 is 4.74 Å². The Kier molecular flexibility index (Phi) is 3.32. The maximum atomic E-state index is 12.3. The molecule has 4 unspecified atom stereocenters. The highest BCUT2D eigenvalue weighted by Gasteiger charge is 2.53. The van der Waals surface area contributed by atoms with Crippen LogP contribution in [-0.2, 0) is 9.53 Å². The molecule has 5 atom stereocenters. The first kappa shape index (κ1) is 14.3. The molecule has 4 rings (SSSR count). The summed E-state index contributed by atoms with van der Waals surface area (Å²) in [6, 6.07) is 0. The second-order valence-electron chi connectivity index (χ2n) is 7.66. The summed E-state index contributed by atoms with van der Waals surface area (Å²) in [4.78, 5) is 12.3. The van der Waals surface area contributed by atoms with Gasteiger partial charge in [0, 0.05) is 11.8 Å². The van der Waals surface area contributed by atoms with Crippen molar-refractivity contribution in [3.8, 4) is 0 Å². The Morgan fingerprint density at radius 1 is 1.32 bits per heavy atom. The second kappa shape index (κ2) is 5.11. The summed E-state index contributed by atoms with van der Waals surface area (Å²) in [5.41, 5.74) is 1.40. The lowest BCUT2D eigenvalue weighted by atomic mass is 9.53. The Balaban J connectivity index is 1.62. The van der Waals surface area contributed by atoms with E-state index in [4.69, 9.17) is 4.74 Å². The highest BCUT2D eigenvalue weighted by atomic mass is 16.5. The fourth-order valence-electron chi connectivity index (χ4n) is 5.50. The van der Waals surface area contributed by atoms with Crippen molar-refractivity contribution in [1.29, 1.82) is 0 Å². The molecular weight excluding hydrogens is 272 g/mol. The molecule has 2 heteroatoms. The van der Waals surface area contributed by atoms with Crippen LogP contribution in [0.2, 0.25) is 0 Å². The summed E-state index contributed by atoms with van der Waals surface area (Å²) in [7, 11) is 0. The zero-order chi connectivity index (χ0) is 15.3. The molecule has 4 aliphatic carbocycles. The molecule has 0 aliphatic heterocycles. The van der Waals surface area contributed by atoms with E-state index >= 15 is 0 Å². The highest BCUT2D eigenvalue weighted by Crippen LogP contribution is 2.58. The van der Waals surface area contributed by atoms with Crippen molar-refractivity contribution in [1.82, 2.24) is 0 Å². The molecule has 22 heavy (non-hydrogen) atoms. The van der Waals surface area contributed by atoms with E-state index in [1.165, 1.54) is 24.2 Å². The van der Waals surface area contributed by atoms with Gasteiger partial charge in [0.15, 0.2) is 5.78 Å². The molecule has 0 aromatic carbocycles. The zero-order valence-corrected chi connectivity index (χ0v) is 13.7. The topological polar surface area (TPSA) is 26.3 Å². The smallest absolute Gasteiger partial charge is 0.161 e. The lowest BCUT2D eigenvalue weighted by molar-refractivity contribution is -0.128. The van der Waals surface area contributed by atoms with Crippen molar-refractivity contribution >= 4 is 5.78 Å². The number of carbonyl (C=O) groups is 1. The molecule has 0 spiro atoms. The van der Waals surface area contributed by atoms with Gasteiger partial charge in [-0.1, -0.05) is 19.1 Å². The number of carbonyl (C=O) groups excluding carboxylic acids is 1. The van der Waals surface area contributed by atoms with Gasteiger partial charge in [-0.2, -0.15) is 0 Å². The standard InChI is InChI=1S/C20H26O2/c1-3-22-14-5-7-15-13(12-14)4-6-17-16(15)10-11-20(2)18(17)8-9-19(20)21/h4,8-9,12,15-18H,3,5-7,10-11H2,1-2H3/t15?,16?,17?,18?,20-/m0/s1. The van der Waals surface area contributed by atoms with E-state index in [0.29, 0.717) is 23.5 Å². The molecule has 118 valence electrons. The fraction of sp³-hybridized carbons (Fsp3) is 0.650. The summed E-state index contributed by atoms with van der Waals surface area (Å²) in [6.45, 7) is 5.02. The third kappa shape index (κ3) is 1.96. The minimum absolute atomic E-state index is 0.104. The molecule has 0 N–H and O–H groups in total. The zero-order valence-electron chi connectivity index (χ0n) is 13.7. The minimum Gasteiger partial charge on any atom is -0.498 e. The predicted octanol–water partition coefficient (Wildman–Crippen LogP) is 4.43. The maximum Gasteiger partial charge on any atom is 0.161 e. The van der Waals surface area contributed by atoms with Crippen LogP contribution in [0.3, 0.4) is 0 Å². The van der Waals surface area contributed by atoms with Crippen LogP contribution in [0.1, 0.15) is 46.0 Å². The van der Waals surface area contributed by atoms with E-state index < -0.39 is 0 Å². The number of ether oxygens (including phenoxy) is 1. The molecule has 0 aromatic rings. The van der Waals surface area contributed by atoms with Gasteiger partial charge in [0.25, 0.3) is 0 Å². The first-order valence-electron chi connectivity index (χ1n) is 8.89. The van der Waals surface area contributed by atoms with Crippen LogP contribution in [0.5, 0.6) is 0 Å². The van der Waals surface area contributed by atoms with E-state index in [0.717, 1.165) is 31.8 Å². The summed E-state index contributed by atoms with van der Waals surface area (Å²) < 4.78 is 5.73. The van der Waals surface area contributed by atoms with E-state index in [-0.39, 0.29) is 5.41 Å². The predicted molar refractivity (Wildman–Crippen MR) is 87.1 cm³/mol. The molecule has 1 saturated carbocycles. The Hall–Kier alpha value is -1.31. The number of allylic oxidation sites excluding steroid dienone is 6. The number of rotatable bonds is 2. The third-order valence-electron chi connectivity index (χ3n) is 6.69. The van der Waals surface area contributed by atoms with Crippen molar-refractivity contribution in [2.24, 2.45) is 29.1 Å². The number of fused-ring (bicyclic) bond motifs is 5. The Labute approximate surface area is 133 Å². The lowest BCUT2D eigenvalue weighted by Crippen LogP contribution is -2.45. The average molecular weight is 298 g/mol. The average Bonchev–Trinajstić information content (AvgIpc) is 2.83. The summed E-state index contributed by atoms with van der Waals surface area (Å²) in [5.74, 6) is 4.11. The molecule has 0 radical (unpaired) electrons. The van der Waals surface area contributed by atoms with Gasteiger partial charge in [-0.15, -0.1) is 0 Å². The highest BCUT2D eigenvalue weighted by molar-refractivity contribution is 5.97. The maximum absolute atomic E-state index is 12.3. The van der Waals surface area contributed by atoms with Gasteiger partial charge in [0.2, 0.25) is 0 Å². The van der Waals surface area contributed by atoms with Gasteiger partial charge >= 0.3 is 0 Å². The van der Waals surface area contributed by atoms with Crippen molar-refractivity contribution in [3.63, 3.8) is 0 Å². The van der Waals surface area contributed by atoms with Crippen molar-refractivity contribution in [3.05, 3.63) is 35.6 Å². The van der Waals surface area contributed by atoms with Gasteiger partial charge in [-0.05, 0) is 74.0 Å². The molecular formula is C20H26O2. The van der Waals surface area contributed by atoms with Gasteiger partial charge in [0.05, 0.1) is 12.4 Å². The van der Waals surface area contributed by atoms with E-state index in [9.17, 15) is 4.79 Å². The minimum atomic E-state index is -0.104. The van der Waals surface area contributed by atoms with Crippen LogP contribution in [-0.4, -0.2) is 12.4 Å². The van der Waals surface area contributed by atoms with Gasteiger partial charge in [-0.25, -0.2) is 0 Å². The molecule has 2 nitrogen and oxygen atoms in total. The number of hydrogen-bond donors (Lipinski definition) is 0. The van der Waals surface area contributed by atoms with Crippen molar-refractivity contribution in [2.45, 2.75) is 46.0 Å². The van der Waals surface area contributed by atoms with Crippen LogP contribution < -0.4 is 0 Å². The molecule has 1 fully saturated rings. The van der Waals surface area contributed by atoms with Crippen LogP contribution in [0.15, 0.2) is 35.6 Å². The third-order valence-corrected chi connectivity index (χ3v) is 6.69. The molecule has 0 saturated heterocycles. The number of hydrogen-bond acceptors (Lipinski definition) is 2. The fourth-order valence-corrected chi connectivity index (χ4v) is 5.50. The SMILES string of the molecule is CCOC1=CC2=CCC3C(CC[C@]4(C)C(=O)C=CC34)C2CC1. The first-order chi connectivity index (χ1) is 10.6. The summed E-state index contributed by atoms with van der Waals surface area (Å²) >= 11 is 0. The monoisotopic (exact) mass is 298 g/mol. The van der Waals surface area contributed by atoms with E-state index in [1.807, 2.05) is 6.08 Å². The number of ketones is 1. The van der Waals surface area contributed by atoms with Crippen molar-refractivity contribution < 1.29 is 9.53 Å². The Morgan fingerprint density at radius 3 is 3.00 bits per heavy atom. The molecule has 0 amide bonds. The van der Waals surface area contributed by atoms with Crippen LogP contribution in [0.25, 0.3) is 0 Å². The summed E-state index contributed by atoms with van der Waals surface area (Å²) in [5, 5.41) is 0. The Morgan fingerprint density at radius 2 is 2.18 bits per heavy atom. The van der Waals surface area contributed by atoms with Crippen molar-refractivity contribution in [2.75, 3.05) is 6.61 Å². The molecule has 0 aromatic heterocycles. The largest absolute Gasteiger partial charge is 0.498 e. The Bertz CT molecular complexity index is 583. The van der Waals surface area contributed by atoms with Crippen LogP contribution in [0.4, 0.5) is 0 Å². The van der Waals surface area contributed by atoms with E-state index in [1.54, 1.807) is 0 Å². The quantitative estimate of drug-likeness (QED) is 0.753. The summed E-state index contributed by atoms with van der Waals surface area (Å²) in [6.07, 6.45) is 14.5.